The van der Waals surface area contributed by atoms with Crippen LogP contribution in [0.4, 0.5) is 5.69 Å². The second-order valence-corrected chi connectivity index (χ2v) is 4.60. The average molecular weight is 294 g/mol. The lowest BCUT2D eigenvalue weighted by Gasteiger charge is -2.22. The number of aryl methyl sites for hydroxylation is 1. The van der Waals surface area contributed by atoms with Gasteiger partial charge in [0, 0.05) is 24.9 Å². The number of esters is 1. The van der Waals surface area contributed by atoms with Crippen molar-refractivity contribution in [3.05, 3.63) is 29.3 Å². The molecule has 0 saturated heterocycles. The fourth-order valence-corrected chi connectivity index (χ4v) is 1.91. The van der Waals surface area contributed by atoms with Crippen LogP contribution in [0.25, 0.3) is 0 Å². The zero-order valence-corrected chi connectivity index (χ0v) is 12.7. The lowest BCUT2D eigenvalue weighted by molar-refractivity contribution is -0.143. The van der Waals surface area contributed by atoms with E-state index >= 15 is 0 Å². The molecular formula is C15H22N2O4. The number of carbonyl (C=O) groups is 2. The van der Waals surface area contributed by atoms with Crippen molar-refractivity contribution < 1.29 is 19.1 Å². The Morgan fingerprint density at radius 2 is 2.05 bits per heavy atom. The number of rotatable bonds is 7. The van der Waals surface area contributed by atoms with E-state index in [2.05, 4.69) is 0 Å². The van der Waals surface area contributed by atoms with Crippen molar-refractivity contribution in [2.75, 3.05) is 39.1 Å². The largest absolute Gasteiger partial charge is 0.465 e. The summed E-state index contributed by atoms with van der Waals surface area (Å²) >= 11 is 0. The van der Waals surface area contributed by atoms with E-state index in [1.807, 2.05) is 6.92 Å². The van der Waals surface area contributed by atoms with Crippen molar-refractivity contribution in [1.82, 2.24) is 4.90 Å². The third-order valence-corrected chi connectivity index (χ3v) is 2.96. The fraction of sp³-hybridized carbons (Fsp3) is 0.467. The Labute approximate surface area is 124 Å². The lowest BCUT2D eigenvalue weighted by atomic mass is 10.1. The van der Waals surface area contributed by atoms with E-state index in [1.54, 1.807) is 32.2 Å². The third kappa shape index (κ3) is 5.07. The van der Waals surface area contributed by atoms with E-state index in [4.69, 9.17) is 15.2 Å². The predicted molar refractivity (Wildman–Crippen MR) is 80.0 cm³/mol. The number of benzene rings is 1. The van der Waals surface area contributed by atoms with E-state index in [9.17, 15) is 9.59 Å². The third-order valence-electron chi connectivity index (χ3n) is 2.96. The lowest BCUT2D eigenvalue weighted by Crippen LogP contribution is -2.39. The van der Waals surface area contributed by atoms with Gasteiger partial charge in [0.15, 0.2) is 0 Å². The Morgan fingerprint density at radius 3 is 2.62 bits per heavy atom. The number of nitrogen functional groups attached to an aromatic ring is 1. The molecule has 0 aliphatic heterocycles. The molecule has 0 unspecified atom stereocenters. The van der Waals surface area contributed by atoms with Crippen molar-refractivity contribution in [3.8, 4) is 0 Å². The smallest absolute Gasteiger partial charge is 0.325 e. The number of amides is 1. The van der Waals surface area contributed by atoms with E-state index in [0.717, 1.165) is 5.56 Å². The summed E-state index contributed by atoms with van der Waals surface area (Å²) in [7, 11) is 1.54. The SMILES string of the molecule is CCOC(=O)CN(CCOC)C(=O)c1ccc(N)cc1C. The maximum atomic E-state index is 12.5. The van der Waals surface area contributed by atoms with E-state index in [-0.39, 0.29) is 19.1 Å². The molecule has 1 aromatic rings. The minimum Gasteiger partial charge on any atom is -0.465 e. The Kier molecular flexibility index (Phi) is 6.68. The molecule has 0 heterocycles. The summed E-state index contributed by atoms with van der Waals surface area (Å²) in [6, 6.07) is 5.06. The number of carbonyl (C=O) groups excluding carboxylic acids is 2. The molecule has 0 spiro atoms. The molecule has 2 N–H and O–H groups in total. The topological polar surface area (TPSA) is 81.9 Å². The van der Waals surface area contributed by atoms with Crippen molar-refractivity contribution in [2.45, 2.75) is 13.8 Å². The molecule has 1 aromatic carbocycles. The van der Waals surface area contributed by atoms with Gasteiger partial charge in [0.1, 0.15) is 6.54 Å². The molecule has 1 amide bonds. The highest BCUT2D eigenvalue weighted by molar-refractivity contribution is 5.97. The van der Waals surface area contributed by atoms with Gasteiger partial charge in [0.2, 0.25) is 0 Å². The fourth-order valence-electron chi connectivity index (χ4n) is 1.91. The molecule has 0 saturated carbocycles. The van der Waals surface area contributed by atoms with Gasteiger partial charge in [-0.3, -0.25) is 9.59 Å². The van der Waals surface area contributed by atoms with Gasteiger partial charge in [0.25, 0.3) is 5.91 Å². The molecule has 0 aliphatic carbocycles. The maximum absolute atomic E-state index is 12.5. The molecule has 21 heavy (non-hydrogen) atoms. The van der Waals surface area contributed by atoms with E-state index < -0.39 is 5.97 Å². The average Bonchev–Trinajstić information content (AvgIpc) is 2.43. The zero-order valence-electron chi connectivity index (χ0n) is 12.7. The highest BCUT2D eigenvalue weighted by Gasteiger charge is 2.20. The van der Waals surface area contributed by atoms with Gasteiger partial charge in [-0.25, -0.2) is 0 Å². The number of nitrogens with two attached hydrogens (primary N) is 1. The standard InChI is InChI=1S/C15H22N2O4/c1-4-21-14(18)10-17(7-8-20-3)15(19)13-6-5-12(16)9-11(13)2/h5-6,9H,4,7-8,10,16H2,1-3H3. The quantitative estimate of drug-likeness (QED) is 0.604. The summed E-state index contributed by atoms with van der Waals surface area (Å²) in [4.78, 5) is 25.6. The van der Waals surface area contributed by atoms with Gasteiger partial charge in [0.05, 0.1) is 13.2 Å². The Hall–Kier alpha value is -2.08. The predicted octanol–water partition coefficient (Wildman–Crippen LogP) is 1.23. The molecule has 0 fully saturated rings. The summed E-state index contributed by atoms with van der Waals surface area (Å²) in [5.74, 6) is -0.673. The van der Waals surface area contributed by atoms with Crippen LogP contribution in [0.5, 0.6) is 0 Å². The summed E-state index contributed by atoms with van der Waals surface area (Å²) in [5, 5.41) is 0. The summed E-state index contributed by atoms with van der Waals surface area (Å²) in [6.07, 6.45) is 0. The Bertz CT molecular complexity index is 502. The van der Waals surface area contributed by atoms with Gasteiger partial charge >= 0.3 is 5.97 Å². The molecule has 0 atom stereocenters. The van der Waals surface area contributed by atoms with Crippen molar-refractivity contribution in [3.63, 3.8) is 0 Å². The molecule has 0 radical (unpaired) electrons. The Morgan fingerprint density at radius 1 is 1.33 bits per heavy atom. The first-order valence-electron chi connectivity index (χ1n) is 6.79. The van der Waals surface area contributed by atoms with Crippen LogP contribution in [0.3, 0.4) is 0 Å². The first kappa shape index (κ1) is 17.0. The van der Waals surface area contributed by atoms with Crippen molar-refractivity contribution in [2.24, 2.45) is 0 Å². The first-order valence-corrected chi connectivity index (χ1v) is 6.79. The van der Waals surface area contributed by atoms with E-state index in [1.165, 1.54) is 4.90 Å². The second kappa shape index (κ2) is 8.26. The number of anilines is 1. The minimum absolute atomic E-state index is 0.0974. The molecule has 0 aliphatic rings. The normalized spacial score (nSPS) is 10.2. The van der Waals surface area contributed by atoms with Crippen LogP contribution in [0.1, 0.15) is 22.8 Å². The van der Waals surface area contributed by atoms with Crippen LogP contribution in [0.2, 0.25) is 0 Å². The molecule has 0 aromatic heterocycles. The van der Waals surface area contributed by atoms with Crippen molar-refractivity contribution >= 4 is 17.6 Å². The van der Waals surface area contributed by atoms with Crippen LogP contribution in [-0.2, 0) is 14.3 Å². The van der Waals surface area contributed by atoms with Crippen LogP contribution >= 0.6 is 0 Å². The molecular weight excluding hydrogens is 272 g/mol. The van der Waals surface area contributed by atoms with Crippen LogP contribution < -0.4 is 5.73 Å². The molecule has 6 nitrogen and oxygen atoms in total. The molecule has 6 heteroatoms. The maximum Gasteiger partial charge on any atom is 0.325 e. The number of hydrogen-bond acceptors (Lipinski definition) is 5. The summed E-state index contributed by atoms with van der Waals surface area (Å²) in [6.45, 7) is 4.38. The summed E-state index contributed by atoms with van der Waals surface area (Å²) in [5.41, 5.74) is 7.57. The highest BCUT2D eigenvalue weighted by Crippen LogP contribution is 2.15. The van der Waals surface area contributed by atoms with E-state index in [0.29, 0.717) is 24.4 Å². The van der Waals surface area contributed by atoms with Crippen LogP contribution in [0, 0.1) is 6.92 Å². The summed E-state index contributed by atoms with van der Waals surface area (Å²) < 4.78 is 9.88. The number of methoxy groups -OCH3 is 1. The van der Waals surface area contributed by atoms with Gasteiger partial charge in [-0.2, -0.15) is 0 Å². The second-order valence-electron chi connectivity index (χ2n) is 4.60. The highest BCUT2D eigenvalue weighted by atomic mass is 16.5. The molecule has 0 bridgehead atoms. The van der Waals surface area contributed by atoms with Gasteiger partial charge in [-0.15, -0.1) is 0 Å². The minimum atomic E-state index is -0.435. The van der Waals surface area contributed by atoms with Gasteiger partial charge in [-0.1, -0.05) is 0 Å². The zero-order chi connectivity index (χ0) is 15.8. The number of nitrogens with zero attached hydrogens (tertiary/aromatic N) is 1. The van der Waals surface area contributed by atoms with Crippen LogP contribution in [-0.4, -0.2) is 50.2 Å². The first-order chi connectivity index (χ1) is 9.99. The van der Waals surface area contributed by atoms with Gasteiger partial charge in [-0.05, 0) is 37.6 Å². The van der Waals surface area contributed by atoms with Crippen molar-refractivity contribution in [1.29, 1.82) is 0 Å². The molecule has 1 rings (SSSR count). The number of ether oxygens (including phenoxy) is 2. The monoisotopic (exact) mass is 294 g/mol. The Balaban J connectivity index is 2.90. The molecule has 116 valence electrons. The van der Waals surface area contributed by atoms with Crippen LogP contribution in [0.15, 0.2) is 18.2 Å². The number of hydrogen-bond donors (Lipinski definition) is 1. The van der Waals surface area contributed by atoms with Gasteiger partial charge < -0.3 is 20.1 Å².